The molecular weight excluding hydrogens is 220 g/mol. The molecule has 4 heteroatoms. The molecule has 70 valence electrons. The van der Waals surface area contributed by atoms with Gasteiger partial charge in [0.1, 0.15) is 12.4 Å². The van der Waals surface area contributed by atoms with Crippen molar-refractivity contribution in [2.75, 3.05) is 6.61 Å². The van der Waals surface area contributed by atoms with Gasteiger partial charge < -0.3 is 22.1 Å². The Morgan fingerprint density at radius 2 is 2.25 bits per heavy atom. The molecular formula is C8H15BrN2O. The fraction of sp³-hybridized carbons (Fsp3) is 0.625. The number of rotatable bonds is 3. The molecule has 0 radical (unpaired) electrons. The molecule has 1 rings (SSSR count). The molecule has 0 saturated heterocycles. The van der Waals surface area contributed by atoms with Gasteiger partial charge in [0.25, 0.3) is 5.82 Å². The zero-order chi connectivity index (χ0) is 8.27. The zero-order valence-electron chi connectivity index (χ0n) is 7.50. The van der Waals surface area contributed by atoms with Crippen LogP contribution in [0.2, 0.25) is 0 Å². The summed E-state index contributed by atoms with van der Waals surface area (Å²) in [5.41, 5.74) is 0. The molecule has 0 spiro atoms. The van der Waals surface area contributed by atoms with Gasteiger partial charge in [-0.2, -0.15) is 0 Å². The van der Waals surface area contributed by atoms with Gasteiger partial charge in [-0.1, -0.05) is 0 Å². The van der Waals surface area contributed by atoms with Gasteiger partial charge in [0.2, 0.25) is 0 Å². The lowest BCUT2D eigenvalue weighted by atomic mass is 10.4. The van der Waals surface area contributed by atoms with E-state index in [4.69, 9.17) is 5.11 Å². The summed E-state index contributed by atoms with van der Waals surface area (Å²) in [6, 6.07) is 0. The summed E-state index contributed by atoms with van der Waals surface area (Å²) in [7, 11) is 2.02. The Morgan fingerprint density at radius 1 is 1.58 bits per heavy atom. The molecule has 0 aromatic carbocycles. The largest absolute Gasteiger partial charge is 1.00 e. The molecule has 0 aliphatic rings. The van der Waals surface area contributed by atoms with Crippen molar-refractivity contribution in [3.63, 3.8) is 0 Å². The lowest BCUT2D eigenvalue weighted by Gasteiger charge is -1.95. The van der Waals surface area contributed by atoms with E-state index >= 15 is 0 Å². The highest BCUT2D eigenvalue weighted by atomic mass is 79.9. The molecule has 0 bridgehead atoms. The summed E-state index contributed by atoms with van der Waals surface area (Å²) in [5.74, 6) is 1.22. The number of aliphatic hydroxyl groups excluding tert-OH is 1. The Kier molecular flexibility index (Phi) is 5.17. The predicted octanol–water partition coefficient (Wildman–Crippen LogP) is -2.99. The van der Waals surface area contributed by atoms with E-state index in [1.165, 1.54) is 5.82 Å². The van der Waals surface area contributed by atoms with E-state index in [9.17, 15) is 0 Å². The Balaban J connectivity index is 0.00000121. The zero-order valence-corrected chi connectivity index (χ0v) is 9.08. The topological polar surface area (TPSA) is 29.0 Å². The first-order valence-corrected chi connectivity index (χ1v) is 3.88. The average molecular weight is 235 g/mol. The van der Waals surface area contributed by atoms with E-state index in [1.807, 2.05) is 19.4 Å². The fourth-order valence-electron chi connectivity index (χ4n) is 1.08. The van der Waals surface area contributed by atoms with Crippen LogP contribution in [-0.4, -0.2) is 16.3 Å². The van der Waals surface area contributed by atoms with Crippen molar-refractivity contribution >= 4 is 0 Å². The second-order valence-corrected chi connectivity index (χ2v) is 2.73. The van der Waals surface area contributed by atoms with Crippen molar-refractivity contribution in [1.29, 1.82) is 0 Å². The number of aryl methyl sites for hydroxylation is 2. The predicted molar refractivity (Wildman–Crippen MR) is 42.0 cm³/mol. The number of aromatic nitrogens is 2. The molecule has 0 aliphatic carbocycles. The lowest BCUT2D eigenvalue weighted by molar-refractivity contribution is -0.677. The minimum atomic E-state index is 0. The molecule has 12 heavy (non-hydrogen) atoms. The summed E-state index contributed by atoms with van der Waals surface area (Å²) in [6.45, 7) is 3.24. The number of aliphatic hydroxyl groups is 1. The minimum Gasteiger partial charge on any atom is -1.00 e. The van der Waals surface area contributed by atoms with Gasteiger partial charge in [0.15, 0.2) is 0 Å². The third-order valence-electron chi connectivity index (χ3n) is 1.95. The third kappa shape index (κ3) is 2.60. The SMILES string of the molecule is Cc1n(CCCO)cc[n+]1C.[Br-]. The number of imidazole rings is 1. The maximum atomic E-state index is 8.61. The maximum absolute atomic E-state index is 8.61. The van der Waals surface area contributed by atoms with Gasteiger partial charge >= 0.3 is 0 Å². The van der Waals surface area contributed by atoms with Crippen LogP contribution in [0.15, 0.2) is 12.4 Å². The van der Waals surface area contributed by atoms with Gasteiger partial charge in [-0.05, 0) is 0 Å². The van der Waals surface area contributed by atoms with E-state index in [2.05, 4.69) is 16.1 Å². The number of hydrogen-bond acceptors (Lipinski definition) is 1. The van der Waals surface area contributed by atoms with Crippen LogP contribution in [0, 0.1) is 6.92 Å². The second-order valence-electron chi connectivity index (χ2n) is 2.73. The van der Waals surface area contributed by atoms with Crippen molar-refractivity contribution in [2.45, 2.75) is 19.9 Å². The summed E-state index contributed by atoms with van der Waals surface area (Å²) in [5, 5.41) is 8.61. The van der Waals surface area contributed by atoms with Crippen LogP contribution >= 0.6 is 0 Å². The first kappa shape index (κ1) is 11.6. The van der Waals surface area contributed by atoms with Crippen LogP contribution in [0.5, 0.6) is 0 Å². The number of hydrogen-bond donors (Lipinski definition) is 1. The average Bonchev–Trinajstić information content (AvgIpc) is 2.31. The summed E-state index contributed by atoms with van der Waals surface area (Å²) >= 11 is 0. The number of nitrogens with zero attached hydrogens (tertiary/aromatic N) is 2. The third-order valence-corrected chi connectivity index (χ3v) is 1.95. The first-order chi connectivity index (χ1) is 5.25. The van der Waals surface area contributed by atoms with Crippen LogP contribution in [0.25, 0.3) is 0 Å². The molecule has 3 nitrogen and oxygen atoms in total. The van der Waals surface area contributed by atoms with Crippen molar-refractivity contribution in [1.82, 2.24) is 4.57 Å². The Bertz CT molecular complexity index is 235. The van der Waals surface area contributed by atoms with Gasteiger partial charge in [-0.15, -0.1) is 0 Å². The fourth-order valence-corrected chi connectivity index (χ4v) is 1.08. The Morgan fingerprint density at radius 3 is 2.67 bits per heavy atom. The molecule has 0 atom stereocenters. The lowest BCUT2D eigenvalue weighted by Crippen LogP contribution is -3.00. The number of halogens is 1. The van der Waals surface area contributed by atoms with Gasteiger partial charge in [-0.25, -0.2) is 9.13 Å². The van der Waals surface area contributed by atoms with E-state index < -0.39 is 0 Å². The van der Waals surface area contributed by atoms with Crippen LogP contribution in [0.3, 0.4) is 0 Å². The molecule has 1 aromatic rings. The molecule has 1 aromatic heterocycles. The second kappa shape index (κ2) is 5.32. The molecule has 1 heterocycles. The molecule has 0 amide bonds. The van der Waals surface area contributed by atoms with Crippen LogP contribution in [0.4, 0.5) is 0 Å². The monoisotopic (exact) mass is 234 g/mol. The van der Waals surface area contributed by atoms with E-state index in [-0.39, 0.29) is 23.6 Å². The van der Waals surface area contributed by atoms with E-state index in [0.29, 0.717) is 0 Å². The standard InChI is InChI=1S/C8H15N2O.BrH/c1-8-9(2)5-6-10(8)4-3-7-11;/h5-6,11H,3-4,7H2,1-2H3;1H/q+1;/p-1. The molecule has 0 saturated carbocycles. The molecule has 0 unspecified atom stereocenters. The molecule has 0 fully saturated rings. The minimum absolute atomic E-state index is 0. The Hall–Kier alpha value is -0.350. The quantitative estimate of drug-likeness (QED) is 0.556. The normalized spacial score (nSPS) is 9.58. The summed E-state index contributed by atoms with van der Waals surface area (Å²) < 4.78 is 4.20. The van der Waals surface area contributed by atoms with Gasteiger partial charge in [0.05, 0.1) is 13.6 Å². The van der Waals surface area contributed by atoms with Crippen LogP contribution in [0.1, 0.15) is 12.2 Å². The summed E-state index contributed by atoms with van der Waals surface area (Å²) in [6.07, 6.45) is 4.88. The van der Waals surface area contributed by atoms with Gasteiger partial charge in [-0.3, -0.25) is 0 Å². The molecule has 0 aliphatic heterocycles. The molecule has 1 N–H and O–H groups in total. The van der Waals surface area contributed by atoms with Crippen LogP contribution in [-0.2, 0) is 13.6 Å². The van der Waals surface area contributed by atoms with Crippen molar-refractivity contribution < 1.29 is 26.7 Å². The van der Waals surface area contributed by atoms with E-state index in [1.54, 1.807) is 0 Å². The first-order valence-electron chi connectivity index (χ1n) is 3.88. The van der Waals surface area contributed by atoms with E-state index in [0.717, 1.165) is 13.0 Å². The van der Waals surface area contributed by atoms with Crippen molar-refractivity contribution in [3.05, 3.63) is 18.2 Å². The smallest absolute Gasteiger partial charge is 0.253 e. The van der Waals surface area contributed by atoms with Gasteiger partial charge in [0, 0.05) is 20.0 Å². The van der Waals surface area contributed by atoms with Crippen molar-refractivity contribution in [3.8, 4) is 0 Å². The highest BCUT2D eigenvalue weighted by Crippen LogP contribution is 1.94. The highest BCUT2D eigenvalue weighted by Gasteiger charge is 2.06. The maximum Gasteiger partial charge on any atom is 0.253 e. The van der Waals surface area contributed by atoms with Crippen molar-refractivity contribution in [2.24, 2.45) is 7.05 Å². The summed E-state index contributed by atoms with van der Waals surface area (Å²) in [4.78, 5) is 0. The highest BCUT2D eigenvalue weighted by molar-refractivity contribution is 4.78. The van der Waals surface area contributed by atoms with Crippen LogP contribution < -0.4 is 21.5 Å². The Labute approximate surface area is 83.4 Å².